The van der Waals surface area contributed by atoms with Gasteiger partial charge >= 0.3 is 0 Å². The van der Waals surface area contributed by atoms with Gasteiger partial charge in [0.15, 0.2) is 0 Å². The molecular formula is C8H17NS. The van der Waals surface area contributed by atoms with Crippen LogP contribution in [-0.4, -0.2) is 36.5 Å². The predicted octanol–water partition coefficient (Wildman–Crippen LogP) is 1.69. The van der Waals surface area contributed by atoms with Crippen LogP contribution >= 0.6 is 11.8 Å². The number of likely N-dealkylation sites (tertiary alicyclic amines) is 1. The Morgan fingerprint density at radius 2 is 1.70 bits per heavy atom. The number of hydrogen-bond donors (Lipinski definition) is 0. The van der Waals surface area contributed by atoms with Crippen molar-refractivity contribution < 1.29 is 0 Å². The van der Waals surface area contributed by atoms with Gasteiger partial charge in [-0.1, -0.05) is 13.8 Å². The third kappa shape index (κ3) is 1.32. The third-order valence-electron chi connectivity index (χ3n) is 2.03. The standard InChI is InChI=1S/C6H11NS.C2H6/c1-7-2-6(3-7)4-8-5-6;1-2/h2-5H2,1H3;1-2H3. The molecule has 0 bridgehead atoms. The van der Waals surface area contributed by atoms with Crippen LogP contribution in [0.4, 0.5) is 0 Å². The summed E-state index contributed by atoms with van der Waals surface area (Å²) in [4.78, 5) is 2.40. The summed E-state index contributed by atoms with van der Waals surface area (Å²) in [6, 6.07) is 0. The zero-order valence-corrected chi connectivity index (χ0v) is 8.00. The molecule has 0 amide bonds. The van der Waals surface area contributed by atoms with Crippen LogP contribution in [0.1, 0.15) is 13.8 Å². The lowest BCUT2D eigenvalue weighted by atomic mass is 9.83. The molecule has 0 atom stereocenters. The average Bonchev–Trinajstić information content (AvgIpc) is 1.82. The Bertz CT molecular complexity index is 102. The smallest absolute Gasteiger partial charge is 0.0138 e. The van der Waals surface area contributed by atoms with Crippen molar-refractivity contribution >= 4 is 11.8 Å². The zero-order valence-electron chi connectivity index (χ0n) is 7.18. The summed E-state index contributed by atoms with van der Waals surface area (Å²) in [6.45, 7) is 6.72. The third-order valence-corrected chi connectivity index (χ3v) is 3.66. The van der Waals surface area contributed by atoms with E-state index in [1.807, 2.05) is 13.8 Å². The number of nitrogens with zero attached hydrogens (tertiary/aromatic N) is 1. The fourth-order valence-electron chi connectivity index (χ4n) is 1.67. The van der Waals surface area contributed by atoms with E-state index in [9.17, 15) is 0 Å². The van der Waals surface area contributed by atoms with Gasteiger partial charge in [0.05, 0.1) is 0 Å². The summed E-state index contributed by atoms with van der Waals surface area (Å²) in [5.74, 6) is 2.86. The van der Waals surface area contributed by atoms with Gasteiger partial charge in [0.2, 0.25) is 0 Å². The molecule has 10 heavy (non-hydrogen) atoms. The molecule has 2 rings (SSSR count). The molecule has 0 aliphatic carbocycles. The Morgan fingerprint density at radius 1 is 1.20 bits per heavy atom. The van der Waals surface area contributed by atoms with Gasteiger partial charge in [-0.25, -0.2) is 0 Å². The molecule has 0 saturated carbocycles. The second kappa shape index (κ2) is 3.14. The normalized spacial score (nSPS) is 27.9. The topological polar surface area (TPSA) is 3.24 Å². The van der Waals surface area contributed by atoms with Crippen LogP contribution in [-0.2, 0) is 0 Å². The highest BCUT2D eigenvalue weighted by molar-refractivity contribution is 8.00. The minimum Gasteiger partial charge on any atom is -0.305 e. The molecule has 2 aliphatic heterocycles. The Labute approximate surface area is 68.2 Å². The highest BCUT2D eigenvalue weighted by Crippen LogP contribution is 2.44. The first-order chi connectivity index (χ1) is 4.81. The summed E-state index contributed by atoms with van der Waals surface area (Å²) >= 11 is 2.10. The lowest BCUT2D eigenvalue weighted by Crippen LogP contribution is -2.61. The molecule has 0 aromatic rings. The maximum Gasteiger partial charge on any atom is 0.0138 e. The number of rotatable bonds is 0. The molecule has 0 unspecified atom stereocenters. The molecule has 2 heteroatoms. The van der Waals surface area contributed by atoms with Crippen molar-refractivity contribution in [1.29, 1.82) is 0 Å². The lowest BCUT2D eigenvalue weighted by molar-refractivity contribution is 0.0556. The molecule has 2 aliphatic rings. The SMILES string of the molecule is CC.CN1CC2(CSC2)C1. The molecule has 2 heterocycles. The van der Waals surface area contributed by atoms with Crippen molar-refractivity contribution in [2.75, 3.05) is 31.6 Å². The molecule has 2 saturated heterocycles. The Morgan fingerprint density at radius 3 is 1.80 bits per heavy atom. The molecular weight excluding hydrogens is 142 g/mol. The number of thioether (sulfide) groups is 1. The maximum absolute atomic E-state index is 2.40. The Balaban J connectivity index is 0.000000231. The van der Waals surface area contributed by atoms with Crippen LogP contribution in [0.3, 0.4) is 0 Å². The summed E-state index contributed by atoms with van der Waals surface area (Å²) in [5.41, 5.74) is 0.805. The van der Waals surface area contributed by atoms with Crippen molar-refractivity contribution in [1.82, 2.24) is 4.90 Å². The highest BCUT2D eigenvalue weighted by atomic mass is 32.2. The molecule has 1 nitrogen and oxygen atoms in total. The first-order valence-corrected chi connectivity index (χ1v) is 5.23. The predicted molar refractivity (Wildman–Crippen MR) is 48.6 cm³/mol. The van der Waals surface area contributed by atoms with Crippen molar-refractivity contribution in [3.63, 3.8) is 0 Å². The second-order valence-corrected chi connectivity index (χ2v) is 4.15. The van der Waals surface area contributed by atoms with Crippen LogP contribution < -0.4 is 0 Å². The van der Waals surface area contributed by atoms with Crippen molar-refractivity contribution in [3.05, 3.63) is 0 Å². The molecule has 0 aromatic heterocycles. The number of hydrogen-bond acceptors (Lipinski definition) is 2. The van der Waals surface area contributed by atoms with Crippen LogP contribution in [0.15, 0.2) is 0 Å². The molecule has 0 radical (unpaired) electrons. The van der Waals surface area contributed by atoms with E-state index in [0.29, 0.717) is 0 Å². The first-order valence-electron chi connectivity index (χ1n) is 4.07. The minimum absolute atomic E-state index is 0.805. The highest BCUT2D eigenvalue weighted by Gasteiger charge is 2.46. The Hall–Kier alpha value is 0.310. The fourth-order valence-corrected chi connectivity index (χ4v) is 2.82. The summed E-state index contributed by atoms with van der Waals surface area (Å²) in [6.07, 6.45) is 0. The van der Waals surface area contributed by atoms with Crippen LogP contribution in [0.25, 0.3) is 0 Å². The van der Waals surface area contributed by atoms with Gasteiger partial charge in [0.1, 0.15) is 0 Å². The maximum atomic E-state index is 2.40. The van der Waals surface area contributed by atoms with Crippen LogP contribution in [0, 0.1) is 5.41 Å². The van der Waals surface area contributed by atoms with E-state index in [4.69, 9.17) is 0 Å². The van der Waals surface area contributed by atoms with Crippen molar-refractivity contribution in [2.24, 2.45) is 5.41 Å². The van der Waals surface area contributed by atoms with Gasteiger partial charge in [0, 0.05) is 30.0 Å². The van der Waals surface area contributed by atoms with E-state index in [2.05, 4.69) is 23.7 Å². The van der Waals surface area contributed by atoms with Gasteiger partial charge in [-0.15, -0.1) is 0 Å². The summed E-state index contributed by atoms with van der Waals surface area (Å²) < 4.78 is 0. The fraction of sp³-hybridized carbons (Fsp3) is 1.00. The van der Waals surface area contributed by atoms with Gasteiger partial charge in [-0.05, 0) is 7.05 Å². The van der Waals surface area contributed by atoms with E-state index >= 15 is 0 Å². The second-order valence-electron chi connectivity index (χ2n) is 3.17. The van der Waals surface area contributed by atoms with Crippen LogP contribution in [0.5, 0.6) is 0 Å². The molecule has 1 spiro atoms. The lowest BCUT2D eigenvalue weighted by Gasteiger charge is -2.54. The average molecular weight is 159 g/mol. The van der Waals surface area contributed by atoms with Gasteiger partial charge in [-0.3, -0.25) is 0 Å². The Kier molecular flexibility index (Phi) is 2.64. The van der Waals surface area contributed by atoms with Crippen molar-refractivity contribution in [3.8, 4) is 0 Å². The zero-order chi connectivity index (χ0) is 7.61. The summed E-state index contributed by atoms with van der Waals surface area (Å²) in [7, 11) is 2.20. The first kappa shape index (κ1) is 8.41. The van der Waals surface area contributed by atoms with E-state index in [0.717, 1.165) is 5.41 Å². The van der Waals surface area contributed by atoms with E-state index in [1.54, 1.807) is 0 Å². The molecule has 2 fully saturated rings. The largest absolute Gasteiger partial charge is 0.305 e. The van der Waals surface area contributed by atoms with E-state index < -0.39 is 0 Å². The molecule has 0 N–H and O–H groups in total. The summed E-state index contributed by atoms with van der Waals surface area (Å²) in [5, 5.41) is 0. The van der Waals surface area contributed by atoms with Gasteiger partial charge in [-0.2, -0.15) is 11.8 Å². The van der Waals surface area contributed by atoms with Crippen LogP contribution in [0.2, 0.25) is 0 Å². The van der Waals surface area contributed by atoms with E-state index in [1.165, 1.54) is 24.6 Å². The van der Waals surface area contributed by atoms with Gasteiger partial charge in [0.25, 0.3) is 0 Å². The van der Waals surface area contributed by atoms with Gasteiger partial charge < -0.3 is 4.90 Å². The molecule has 60 valence electrons. The van der Waals surface area contributed by atoms with Crippen molar-refractivity contribution in [2.45, 2.75) is 13.8 Å². The quantitative estimate of drug-likeness (QED) is 0.529. The van der Waals surface area contributed by atoms with E-state index in [-0.39, 0.29) is 0 Å². The monoisotopic (exact) mass is 159 g/mol. The molecule has 0 aromatic carbocycles. The minimum atomic E-state index is 0.805.